The Bertz CT molecular complexity index is 2670. The summed E-state index contributed by atoms with van der Waals surface area (Å²) in [4.78, 5) is 5.12. The summed E-state index contributed by atoms with van der Waals surface area (Å²) in [5, 5.41) is 0. The predicted octanol–water partition coefficient (Wildman–Crippen LogP) is 13.0. The van der Waals surface area contributed by atoms with E-state index in [0.29, 0.717) is 0 Å². The second-order valence-electron chi connectivity index (χ2n) is 19.9. The molecule has 0 fully saturated rings. The molecule has 0 saturated heterocycles. The summed E-state index contributed by atoms with van der Waals surface area (Å²) in [7, 11) is 0. The monoisotopic (exact) mass is 768 g/mol. The predicted molar refractivity (Wildman–Crippen MR) is 255 cm³/mol. The first-order chi connectivity index (χ1) is 28.0. The quantitative estimate of drug-likeness (QED) is 0.155. The van der Waals surface area contributed by atoms with Gasteiger partial charge in [0.2, 0.25) is 0 Å². The molecule has 0 spiro atoms. The molecular weight excluding hydrogens is 711 g/mol. The molecule has 7 aromatic carbocycles. The molecule has 59 heavy (non-hydrogen) atoms. The van der Waals surface area contributed by atoms with Crippen molar-refractivity contribution in [3.63, 3.8) is 0 Å². The van der Waals surface area contributed by atoms with Crippen LogP contribution in [0.3, 0.4) is 0 Å². The summed E-state index contributed by atoms with van der Waals surface area (Å²) in [6, 6.07) is 62.0. The Balaban J connectivity index is 1.32. The molecule has 294 valence electrons. The van der Waals surface area contributed by atoms with Gasteiger partial charge in [-0.25, -0.2) is 0 Å². The van der Waals surface area contributed by atoms with Gasteiger partial charge in [0.05, 0.1) is 0 Å². The maximum Gasteiger partial charge on any atom is 0.252 e. The Hall–Kier alpha value is -5.80. The van der Waals surface area contributed by atoms with E-state index in [2.05, 4.69) is 243 Å². The fourth-order valence-corrected chi connectivity index (χ4v) is 9.53. The maximum absolute atomic E-state index is 2.56. The lowest BCUT2D eigenvalue weighted by atomic mass is 9.33. The summed E-state index contributed by atoms with van der Waals surface area (Å²) in [5.41, 5.74) is 18.8. The number of anilines is 6. The molecule has 0 aromatic heterocycles. The van der Waals surface area contributed by atoms with Crippen molar-refractivity contribution in [3.8, 4) is 0 Å². The molecule has 2 aliphatic rings. The molecule has 0 bridgehead atoms. The average molecular weight is 769 g/mol. The summed E-state index contributed by atoms with van der Waals surface area (Å²) in [6.45, 7) is 23.4. The molecule has 2 aliphatic heterocycles. The highest BCUT2D eigenvalue weighted by Gasteiger charge is 2.44. The highest BCUT2D eigenvalue weighted by molar-refractivity contribution is 7.00. The molecule has 7 aromatic rings. The second-order valence-corrected chi connectivity index (χ2v) is 19.9. The van der Waals surface area contributed by atoms with Gasteiger partial charge in [0.1, 0.15) is 0 Å². The number of nitrogens with zero attached hydrogens (tertiary/aromatic N) is 2. The van der Waals surface area contributed by atoms with Crippen molar-refractivity contribution < 1.29 is 0 Å². The second kappa shape index (κ2) is 13.9. The van der Waals surface area contributed by atoms with E-state index in [9.17, 15) is 0 Å². The van der Waals surface area contributed by atoms with Crippen molar-refractivity contribution >= 4 is 57.2 Å². The smallest absolute Gasteiger partial charge is 0.252 e. The number of benzene rings is 7. The highest BCUT2D eigenvalue weighted by atomic mass is 15.2. The van der Waals surface area contributed by atoms with Crippen LogP contribution in [0, 0.1) is 0 Å². The zero-order valence-corrected chi connectivity index (χ0v) is 36.6. The van der Waals surface area contributed by atoms with Crippen LogP contribution in [-0.4, -0.2) is 6.71 Å². The number of rotatable bonds is 6. The zero-order valence-electron chi connectivity index (χ0n) is 36.6. The van der Waals surface area contributed by atoms with Crippen LogP contribution in [0.4, 0.5) is 34.1 Å². The van der Waals surface area contributed by atoms with Crippen LogP contribution in [-0.2, 0) is 21.7 Å². The summed E-state index contributed by atoms with van der Waals surface area (Å²) in [5.74, 6) is 0. The number of fused-ring (bicyclic) bond motifs is 4. The van der Waals surface area contributed by atoms with Gasteiger partial charge in [-0.3, -0.25) is 0 Å². The van der Waals surface area contributed by atoms with Gasteiger partial charge >= 0.3 is 0 Å². The first-order valence-corrected chi connectivity index (χ1v) is 21.4. The SMILES string of the molecule is CC(C)(C)c1cccc(N2c3cc(C(C)(C)c4ccccc4)ccc3B3c4ccc(C(C)(C)C)cc4N(c4cccc(C(C)(C)c5ccccc5)c4)c4cccc2c43)c1. The lowest BCUT2D eigenvalue weighted by Gasteiger charge is -2.45. The normalized spacial score (nSPS) is 13.8. The van der Waals surface area contributed by atoms with Gasteiger partial charge in [0.15, 0.2) is 0 Å². The number of hydrogen-bond acceptors (Lipinski definition) is 2. The van der Waals surface area contributed by atoms with E-state index in [4.69, 9.17) is 0 Å². The molecule has 0 radical (unpaired) electrons. The maximum atomic E-state index is 2.56. The van der Waals surface area contributed by atoms with E-state index in [1.54, 1.807) is 0 Å². The van der Waals surface area contributed by atoms with E-state index in [1.165, 1.54) is 83.9 Å². The van der Waals surface area contributed by atoms with Crippen LogP contribution in [0.25, 0.3) is 0 Å². The van der Waals surface area contributed by atoms with Crippen LogP contribution in [0.5, 0.6) is 0 Å². The third-order valence-corrected chi connectivity index (χ3v) is 13.4. The van der Waals surface area contributed by atoms with E-state index >= 15 is 0 Å². The van der Waals surface area contributed by atoms with Crippen molar-refractivity contribution in [1.29, 1.82) is 0 Å². The lowest BCUT2D eigenvalue weighted by molar-refractivity contribution is 0.590. The van der Waals surface area contributed by atoms with Gasteiger partial charge in [-0.1, -0.05) is 184 Å². The van der Waals surface area contributed by atoms with Crippen LogP contribution >= 0.6 is 0 Å². The molecular formula is C56H57BN2. The van der Waals surface area contributed by atoms with Crippen LogP contribution in [0.1, 0.15) is 103 Å². The van der Waals surface area contributed by atoms with Gasteiger partial charge in [0, 0.05) is 45.0 Å². The van der Waals surface area contributed by atoms with Gasteiger partial charge in [-0.15, -0.1) is 0 Å². The number of hydrogen-bond donors (Lipinski definition) is 0. The van der Waals surface area contributed by atoms with Gasteiger partial charge in [-0.2, -0.15) is 0 Å². The van der Waals surface area contributed by atoms with Crippen molar-refractivity contribution in [2.75, 3.05) is 9.80 Å². The fraction of sp³-hybridized carbons (Fsp3) is 0.250. The van der Waals surface area contributed by atoms with Crippen molar-refractivity contribution in [3.05, 3.63) is 197 Å². The van der Waals surface area contributed by atoms with Crippen molar-refractivity contribution in [2.45, 2.75) is 90.9 Å². The molecule has 9 rings (SSSR count). The molecule has 2 heterocycles. The van der Waals surface area contributed by atoms with Crippen LogP contribution in [0.2, 0.25) is 0 Å². The minimum atomic E-state index is -0.196. The van der Waals surface area contributed by atoms with E-state index < -0.39 is 0 Å². The van der Waals surface area contributed by atoms with Gasteiger partial charge in [-0.05, 0) is 109 Å². The molecule has 0 atom stereocenters. The first-order valence-electron chi connectivity index (χ1n) is 21.4. The third kappa shape index (κ3) is 6.51. The molecule has 0 N–H and O–H groups in total. The highest BCUT2D eigenvalue weighted by Crippen LogP contribution is 2.47. The Morgan fingerprint density at radius 2 is 0.695 bits per heavy atom. The molecule has 0 saturated carbocycles. The first kappa shape index (κ1) is 38.7. The van der Waals surface area contributed by atoms with Gasteiger partial charge < -0.3 is 9.80 Å². The Morgan fingerprint density at radius 1 is 0.322 bits per heavy atom. The topological polar surface area (TPSA) is 6.48 Å². The molecule has 0 aliphatic carbocycles. The Labute approximate surface area is 353 Å². The van der Waals surface area contributed by atoms with E-state index in [-0.39, 0.29) is 28.4 Å². The fourth-order valence-electron chi connectivity index (χ4n) is 9.53. The molecule has 0 unspecified atom stereocenters. The summed E-state index contributed by atoms with van der Waals surface area (Å²) < 4.78 is 0. The average Bonchev–Trinajstić information content (AvgIpc) is 3.23. The largest absolute Gasteiger partial charge is 0.311 e. The lowest BCUT2D eigenvalue weighted by Crippen LogP contribution is -2.61. The molecule has 2 nitrogen and oxygen atoms in total. The van der Waals surface area contributed by atoms with Gasteiger partial charge in [0.25, 0.3) is 6.71 Å². The summed E-state index contributed by atoms with van der Waals surface area (Å²) in [6.07, 6.45) is 0. The molecule has 0 amide bonds. The third-order valence-electron chi connectivity index (χ3n) is 13.4. The van der Waals surface area contributed by atoms with E-state index in [0.717, 1.165) is 0 Å². The standard InChI is InChI=1S/C56H57BN2/c1-53(2,3)40-24-17-26-44(34-40)58-48-28-19-29-49-52(48)57(47-33-31-43(37-51(47)58)56(9,10)39-22-15-12-16-23-39)46-32-30-41(54(4,5)6)36-50(46)59(49)45-27-18-25-42(35-45)55(7,8)38-20-13-11-14-21-38/h11-37H,1-10H3. The van der Waals surface area contributed by atoms with Crippen LogP contribution in [0.15, 0.2) is 164 Å². The van der Waals surface area contributed by atoms with Crippen molar-refractivity contribution in [1.82, 2.24) is 0 Å². The molecule has 3 heteroatoms. The minimum Gasteiger partial charge on any atom is -0.311 e. The zero-order chi connectivity index (χ0) is 41.5. The van der Waals surface area contributed by atoms with Crippen LogP contribution < -0.4 is 26.2 Å². The minimum absolute atomic E-state index is 0.00344. The summed E-state index contributed by atoms with van der Waals surface area (Å²) >= 11 is 0. The van der Waals surface area contributed by atoms with Crippen molar-refractivity contribution in [2.24, 2.45) is 0 Å². The Morgan fingerprint density at radius 3 is 1.19 bits per heavy atom. The Kier molecular flexibility index (Phi) is 9.12. The van der Waals surface area contributed by atoms with E-state index in [1.807, 2.05) is 0 Å².